The van der Waals surface area contributed by atoms with Crippen molar-refractivity contribution >= 4 is 45.2 Å². The van der Waals surface area contributed by atoms with E-state index in [1.807, 2.05) is 0 Å². The summed E-state index contributed by atoms with van der Waals surface area (Å²) in [6, 6.07) is 44.1. The Balaban J connectivity index is 1.51. The molecule has 6 aromatic rings. The molecule has 0 radical (unpaired) electrons. The Morgan fingerprint density at radius 2 is 1.25 bits per heavy atom. The van der Waals surface area contributed by atoms with Crippen molar-refractivity contribution in [3.05, 3.63) is 137 Å². The van der Waals surface area contributed by atoms with Crippen molar-refractivity contribution in [2.24, 2.45) is 0 Å². The van der Waals surface area contributed by atoms with E-state index in [0.29, 0.717) is 0 Å². The summed E-state index contributed by atoms with van der Waals surface area (Å²) in [6.07, 6.45) is 5.04. The number of benzene rings is 5. The SMILES string of the molecule is C1=c2c(n(-c3ccccc3)c3ccccc23)=CC2C1c1cccc3cccc(c13)N2c1ccccc1. The van der Waals surface area contributed by atoms with Gasteiger partial charge < -0.3 is 9.47 Å². The van der Waals surface area contributed by atoms with Crippen LogP contribution in [0, 0.1) is 0 Å². The normalized spacial score (nSPS) is 17.8. The number of fused-ring (bicyclic) bond motifs is 5. The molecule has 0 amide bonds. The molecular weight excluding hydrogens is 436 g/mol. The van der Waals surface area contributed by atoms with Crippen molar-refractivity contribution < 1.29 is 0 Å². The van der Waals surface area contributed by atoms with Gasteiger partial charge in [0.1, 0.15) is 0 Å². The number of hydrogen-bond donors (Lipinski definition) is 0. The van der Waals surface area contributed by atoms with Gasteiger partial charge >= 0.3 is 0 Å². The van der Waals surface area contributed by atoms with Crippen LogP contribution in [0.3, 0.4) is 0 Å². The Morgan fingerprint density at radius 1 is 0.556 bits per heavy atom. The van der Waals surface area contributed by atoms with Gasteiger partial charge in [-0.3, -0.25) is 0 Å². The van der Waals surface area contributed by atoms with Gasteiger partial charge in [-0.15, -0.1) is 0 Å². The zero-order chi connectivity index (χ0) is 23.6. The van der Waals surface area contributed by atoms with Crippen molar-refractivity contribution in [3.63, 3.8) is 0 Å². The van der Waals surface area contributed by atoms with E-state index >= 15 is 0 Å². The van der Waals surface area contributed by atoms with Crippen LogP contribution < -0.4 is 15.5 Å². The largest absolute Gasteiger partial charge is 0.333 e. The lowest BCUT2D eigenvalue weighted by atomic mass is 9.79. The van der Waals surface area contributed by atoms with Gasteiger partial charge in [-0.05, 0) is 53.4 Å². The fourth-order valence-electron chi connectivity index (χ4n) is 6.42. The zero-order valence-electron chi connectivity index (χ0n) is 19.8. The van der Waals surface area contributed by atoms with Gasteiger partial charge in [-0.2, -0.15) is 0 Å². The van der Waals surface area contributed by atoms with Gasteiger partial charge in [0, 0.05) is 39.0 Å². The van der Waals surface area contributed by atoms with Gasteiger partial charge in [0.2, 0.25) is 0 Å². The lowest BCUT2D eigenvalue weighted by molar-refractivity contribution is 0.730. The molecule has 0 fully saturated rings. The zero-order valence-corrected chi connectivity index (χ0v) is 19.8. The molecular formula is C34H24N2. The maximum atomic E-state index is 2.55. The Hall–Kier alpha value is -4.56. The number of hydrogen-bond acceptors (Lipinski definition) is 1. The summed E-state index contributed by atoms with van der Waals surface area (Å²) in [7, 11) is 0. The van der Waals surface area contributed by atoms with Gasteiger partial charge in [0.05, 0.1) is 16.9 Å². The molecule has 1 aliphatic heterocycles. The number of aromatic nitrogens is 1. The van der Waals surface area contributed by atoms with Crippen molar-refractivity contribution in [1.82, 2.24) is 4.57 Å². The highest BCUT2D eigenvalue weighted by atomic mass is 15.2. The molecule has 5 aromatic carbocycles. The molecule has 36 heavy (non-hydrogen) atoms. The number of nitrogens with zero attached hydrogens (tertiary/aromatic N) is 2. The second kappa shape index (κ2) is 7.47. The predicted octanol–water partition coefficient (Wildman–Crippen LogP) is 6.66. The van der Waals surface area contributed by atoms with E-state index in [-0.39, 0.29) is 12.0 Å². The Morgan fingerprint density at radius 3 is 2.06 bits per heavy atom. The first-order valence-corrected chi connectivity index (χ1v) is 12.6. The summed E-state index contributed by atoms with van der Waals surface area (Å²) in [5.74, 6) is 0.256. The summed E-state index contributed by atoms with van der Waals surface area (Å²) in [5.41, 5.74) is 6.37. The molecule has 8 rings (SSSR count). The van der Waals surface area contributed by atoms with E-state index in [1.165, 1.54) is 54.9 Å². The lowest BCUT2D eigenvalue weighted by Crippen LogP contribution is -2.45. The minimum absolute atomic E-state index is 0.173. The first-order chi connectivity index (χ1) is 17.9. The van der Waals surface area contributed by atoms with Crippen LogP contribution in [0.25, 0.3) is 39.5 Å². The van der Waals surface area contributed by atoms with Crippen LogP contribution >= 0.6 is 0 Å². The molecule has 2 unspecified atom stereocenters. The molecule has 0 bridgehead atoms. The van der Waals surface area contributed by atoms with Crippen LogP contribution in [0.1, 0.15) is 11.5 Å². The number of rotatable bonds is 2. The average Bonchev–Trinajstić information content (AvgIpc) is 3.27. The van der Waals surface area contributed by atoms with Crippen LogP contribution in [-0.4, -0.2) is 10.6 Å². The highest BCUT2D eigenvalue weighted by Gasteiger charge is 2.36. The smallest absolute Gasteiger partial charge is 0.0649 e. The fraction of sp³-hybridized carbons (Fsp3) is 0.0588. The highest BCUT2D eigenvalue weighted by Crippen LogP contribution is 2.47. The quantitative estimate of drug-likeness (QED) is 0.280. The lowest BCUT2D eigenvalue weighted by Gasteiger charge is -2.42. The van der Waals surface area contributed by atoms with Crippen LogP contribution in [0.2, 0.25) is 0 Å². The second-order valence-corrected chi connectivity index (χ2v) is 9.76. The molecule has 2 heterocycles. The van der Waals surface area contributed by atoms with Gasteiger partial charge in [-0.1, -0.05) is 91.0 Å². The highest BCUT2D eigenvalue weighted by molar-refractivity contribution is 6.02. The summed E-state index contributed by atoms with van der Waals surface area (Å²) >= 11 is 0. The molecule has 0 spiro atoms. The molecule has 1 aromatic heterocycles. The second-order valence-electron chi connectivity index (χ2n) is 9.76. The van der Waals surface area contributed by atoms with E-state index < -0.39 is 0 Å². The fourth-order valence-corrected chi connectivity index (χ4v) is 6.42. The molecule has 0 saturated heterocycles. The van der Waals surface area contributed by atoms with Gasteiger partial charge in [-0.25, -0.2) is 0 Å². The van der Waals surface area contributed by atoms with E-state index in [2.05, 4.69) is 143 Å². The summed E-state index contributed by atoms with van der Waals surface area (Å²) in [4.78, 5) is 2.55. The molecule has 1 aliphatic carbocycles. The third kappa shape index (κ3) is 2.67. The first kappa shape index (κ1) is 19.7. The number of anilines is 2. The average molecular weight is 461 g/mol. The monoisotopic (exact) mass is 460 g/mol. The van der Waals surface area contributed by atoms with Gasteiger partial charge in [0.25, 0.3) is 0 Å². The molecule has 2 nitrogen and oxygen atoms in total. The van der Waals surface area contributed by atoms with Crippen LogP contribution in [0.5, 0.6) is 0 Å². The maximum Gasteiger partial charge on any atom is 0.0649 e. The minimum atomic E-state index is 0.173. The summed E-state index contributed by atoms with van der Waals surface area (Å²) in [6.45, 7) is 0. The van der Waals surface area contributed by atoms with Crippen LogP contribution in [-0.2, 0) is 0 Å². The van der Waals surface area contributed by atoms with E-state index in [9.17, 15) is 0 Å². The molecule has 2 heteroatoms. The van der Waals surface area contributed by atoms with Crippen molar-refractivity contribution in [2.75, 3.05) is 4.90 Å². The molecule has 2 atom stereocenters. The Bertz CT molecular complexity index is 1890. The number of para-hydroxylation sites is 3. The predicted molar refractivity (Wildman–Crippen MR) is 151 cm³/mol. The topological polar surface area (TPSA) is 8.17 Å². The van der Waals surface area contributed by atoms with Crippen LogP contribution in [0.15, 0.2) is 121 Å². The summed E-state index contributed by atoms with van der Waals surface area (Å²) < 4.78 is 2.43. The van der Waals surface area contributed by atoms with Crippen molar-refractivity contribution in [2.45, 2.75) is 12.0 Å². The van der Waals surface area contributed by atoms with E-state index in [1.54, 1.807) is 0 Å². The standard InChI is InChI=1S/C34H24N2/c1-3-13-24(14-4-1)35-30-19-8-7-17-26(30)28-21-29-27-18-9-11-23-12-10-20-31(34(23)27)36(33(29)22-32(28)35)25-15-5-2-6-16-25/h1-22,29,33H. The first-order valence-electron chi connectivity index (χ1n) is 12.6. The molecule has 0 saturated carbocycles. The third-order valence-corrected chi connectivity index (χ3v) is 7.88. The van der Waals surface area contributed by atoms with Crippen molar-refractivity contribution in [1.29, 1.82) is 0 Å². The third-order valence-electron chi connectivity index (χ3n) is 7.88. The van der Waals surface area contributed by atoms with E-state index in [4.69, 9.17) is 0 Å². The minimum Gasteiger partial charge on any atom is -0.333 e. The summed E-state index contributed by atoms with van der Waals surface area (Å²) in [5, 5.41) is 6.58. The van der Waals surface area contributed by atoms with E-state index in [0.717, 1.165) is 0 Å². The van der Waals surface area contributed by atoms with Gasteiger partial charge in [0.15, 0.2) is 0 Å². The molecule has 170 valence electrons. The maximum absolute atomic E-state index is 2.55. The molecule has 0 N–H and O–H groups in total. The Labute approximate surface area is 209 Å². The van der Waals surface area contributed by atoms with Crippen LogP contribution in [0.4, 0.5) is 11.4 Å². The molecule has 2 aliphatic rings. The Kier molecular flexibility index (Phi) is 4.09. The van der Waals surface area contributed by atoms with Crippen molar-refractivity contribution in [3.8, 4) is 5.69 Å².